The van der Waals surface area contributed by atoms with E-state index in [1.807, 2.05) is 42.5 Å². The molecular weight excluding hydrogens is 428 g/mol. The topological polar surface area (TPSA) is 42.0 Å². The van der Waals surface area contributed by atoms with E-state index in [4.69, 9.17) is 21.7 Å². The number of rotatable bonds is 5. The van der Waals surface area contributed by atoms with Crippen molar-refractivity contribution in [2.75, 3.05) is 21.2 Å². The van der Waals surface area contributed by atoms with E-state index in [2.05, 4.69) is 15.9 Å². The fourth-order valence-electron chi connectivity index (χ4n) is 2.68. The standard InChI is InChI=1S/C20H19BrN2O3S/c1-22-16(19(24)23(2)20(22)27)10-14-6-9-17(18(11-14)25-3)26-12-13-4-7-15(21)8-5-13/h4-11H,12H2,1-3H3/b16-10-. The Morgan fingerprint density at radius 2 is 1.78 bits per heavy atom. The predicted molar refractivity (Wildman–Crippen MR) is 113 cm³/mol. The molecule has 1 aliphatic rings. The Kier molecular flexibility index (Phi) is 5.82. The van der Waals surface area contributed by atoms with Gasteiger partial charge in [0.05, 0.1) is 7.11 Å². The minimum atomic E-state index is -0.128. The SMILES string of the molecule is COc1cc(/C=C2/C(=O)N(C)C(=S)N2C)ccc1OCc1ccc(Br)cc1. The van der Waals surface area contributed by atoms with E-state index in [1.165, 1.54) is 4.90 Å². The molecule has 1 saturated heterocycles. The smallest absolute Gasteiger partial charge is 0.276 e. The van der Waals surface area contributed by atoms with Gasteiger partial charge in [-0.3, -0.25) is 9.69 Å². The molecule has 1 heterocycles. The van der Waals surface area contributed by atoms with Gasteiger partial charge < -0.3 is 14.4 Å². The average Bonchev–Trinajstić information content (AvgIpc) is 2.86. The van der Waals surface area contributed by atoms with Crippen LogP contribution in [0.3, 0.4) is 0 Å². The summed E-state index contributed by atoms with van der Waals surface area (Å²) < 4.78 is 12.4. The third-order valence-electron chi connectivity index (χ3n) is 4.26. The molecule has 1 amide bonds. The molecule has 0 aromatic heterocycles. The van der Waals surface area contributed by atoms with E-state index in [-0.39, 0.29) is 5.91 Å². The number of ether oxygens (including phenoxy) is 2. The molecule has 0 N–H and O–H groups in total. The van der Waals surface area contributed by atoms with E-state index in [0.717, 1.165) is 15.6 Å². The molecule has 0 spiro atoms. The van der Waals surface area contributed by atoms with Crippen LogP contribution in [0.5, 0.6) is 11.5 Å². The van der Waals surface area contributed by atoms with Crippen LogP contribution in [-0.2, 0) is 11.4 Å². The second-order valence-corrected chi connectivity index (χ2v) is 7.34. The Hall–Kier alpha value is -2.38. The number of hydrogen-bond acceptors (Lipinski definition) is 4. The highest BCUT2D eigenvalue weighted by molar-refractivity contribution is 9.10. The number of methoxy groups -OCH3 is 1. The van der Waals surface area contributed by atoms with Crippen LogP contribution in [0.1, 0.15) is 11.1 Å². The molecule has 0 unspecified atom stereocenters. The Labute approximate surface area is 172 Å². The van der Waals surface area contributed by atoms with E-state index in [1.54, 1.807) is 32.2 Å². The summed E-state index contributed by atoms with van der Waals surface area (Å²) in [5, 5.41) is 0.479. The van der Waals surface area contributed by atoms with Crippen LogP contribution in [-0.4, -0.2) is 42.0 Å². The predicted octanol–water partition coefficient (Wildman–Crippen LogP) is 4.07. The van der Waals surface area contributed by atoms with Crippen molar-refractivity contribution in [1.29, 1.82) is 0 Å². The van der Waals surface area contributed by atoms with Crippen molar-refractivity contribution in [2.45, 2.75) is 6.61 Å². The third-order valence-corrected chi connectivity index (χ3v) is 5.33. The second-order valence-electron chi connectivity index (χ2n) is 6.06. The minimum Gasteiger partial charge on any atom is -0.493 e. The highest BCUT2D eigenvalue weighted by Gasteiger charge is 2.32. The summed E-state index contributed by atoms with van der Waals surface area (Å²) in [5.41, 5.74) is 2.41. The summed E-state index contributed by atoms with van der Waals surface area (Å²) in [7, 11) is 5.04. The van der Waals surface area contributed by atoms with Gasteiger partial charge in [-0.25, -0.2) is 0 Å². The first-order valence-electron chi connectivity index (χ1n) is 8.23. The van der Waals surface area contributed by atoms with Crippen molar-refractivity contribution < 1.29 is 14.3 Å². The molecule has 1 aliphatic heterocycles. The molecule has 2 aromatic carbocycles. The van der Waals surface area contributed by atoms with Crippen molar-refractivity contribution >= 4 is 45.2 Å². The Morgan fingerprint density at radius 1 is 1.07 bits per heavy atom. The Bertz CT molecular complexity index is 912. The van der Waals surface area contributed by atoms with Crippen LogP contribution < -0.4 is 9.47 Å². The maximum absolute atomic E-state index is 12.3. The largest absolute Gasteiger partial charge is 0.493 e. The lowest BCUT2D eigenvalue weighted by molar-refractivity contribution is -0.121. The fraction of sp³-hybridized carbons (Fsp3) is 0.200. The van der Waals surface area contributed by atoms with E-state index >= 15 is 0 Å². The second kappa shape index (κ2) is 8.10. The van der Waals surface area contributed by atoms with Gasteiger partial charge in [0.2, 0.25) is 0 Å². The first-order valence-corrected chi connectivity index (χ1v) is 9.43. The molecule has 5 nitrogen and oxygen atoms in total. The number of amides is 1. The lowest BCUT2D eigenvalue weighted by Gasteiger charge is -2.13. The molecule has 2 aromatic rings. The first-order chi connectivity index (χ1) is 12.9. The van der Waals surface area contributed by atoms with Gasteiger partial charge in [-0.1, -0.05) is 34.1 Å². The normalized spacial score (nSPS) is 15.6. The Morgan fingerprint density at radius 3 is 2.37 bits per heavy atom. The highest BCUT2D eigenvalue weighted by atomic mass is 79.9. The van der Waals surface area contributed by atoms with E-state index < -0.39 is 0 Å². The number of carbonyl (C=O) groups is 1. The van der Waals surface area contributed by atoms with Gasteiger partial charge in [0.15, 0.2) is 16.6 Å². The van der Waals surface area contributed by atoms with Gasteiger partial charge in [-0.05, 0) is 53.7 Å². The van der Waals surface area contributed by atoms with Crippen molar-refractivity contribution in [3.8, 4) is 11.5 Å². The molecular formula is C20H19BrN2O3S. The van der Waals surface area contributed by atoms with Gasteiger partial charge >= 0.3 is 0 Å². The number of thiocarbonyl (C=S) groups is 1. The molecule has 3 rings (SSSR count). The number of hydrogen-bond donors (Lipinski definition) is 0. The van der Waals surface area contributed by atoms with Crippen LogP contribution >= 0.6 is 28.1 Å². The Balaban J connectivity index is 1.80. The van der Waals surface area contributed by atoms with Crippen LogP contribution in [0.2, 0.25) is 0 Å². The maximum atomic E-state index is 12.3. The number of halogens is 1. The number of benzene rings is 2. The molecule has 0 saturated carbocycles. The highest BCUT2D eigenvalue weighted by Crippen LogP contribution is 2.31. The molecule has 0 atom stereocenters. The van der Waals surface area contributed by atoms with Crippen molar-refractivity contribution in [3.05, 3.63) is 63.8 Å². The summed E-state index contributed by atoms with van der Waals surface area (Å²) in [6.45, 7) is 0.435. The molecule has 140 valence electrons. The summed E-state index contributed by atoms with van der Waals surface area (Å²) >= 11 is 8.65. The number of nitrogens with zero attached hydrogens (tertiary/aromatic N) is 2. The zero-order valence-corrected chi connectivity index (χ0v) is 17.6. The first kappa shape index (κ1) is 19.4. The van der Waals surface area contributed by atoms with Crippen molar-refractivity contribution in [1.82, 2.24) is 9.80 Å². The van der Waals surface area contributed by atoms with E-state index in [0.29, 0.717) is 28.9 Å². The van der Waals surface area contributed by atoms with Gasteiger partial charge in [0, 0.05) is 18.6 Å². The van der Waals surface area contributed by atoms with Crippen LogP contribution in [0.25, 0.3) is 6.08 Å². The molecule has 0 bridgehead atoms. The molecule has 27 heavy (non-hydrogen) atoms. The van der Waals surface area contributed by atoms with Crippen molar-refractivity contribution in [3.63, 3.8) is 0 Å². The van der Waals surface area contributed by atoms with Gasteiger partial charge in [-0.2, -0.15) is 0 Å². The molecule has 7 heteroatoms. The van der Waals surface area contributed by atoms with Gasteiger partial charge in [0.25, 0.3) is 5.91 Å². The summed E-state index contributed by atoms with van der Waals surface area (Å²) in [6, 6.07) is 13.5. The summed E-state index contributed by atoms with van der Waals surface area (Å²) in [6.07, 6.45) is 1.79. The maximum Gasteiger partial charge on any atom is 0.276 e. The monoisotopic (exact) mass is 446 g/mol. The number of likely N-dealkylation sites (N-methyl/N-ethyl adjacent to an activating group) is 2. The summed E-state index contributed by atoms with van der Waals surface area (Å²) in [5.74, 6) is 1.11. The van der Waals surface area contributed by atoms with Crippen LogP contribution in [0.15, 0.2) is 52.6 Å². The third kappa shape index (κ3) is 4.14. The molecule has 0 radical (unpaired) electrons. The van der Waals surface area contributed by atoms with E-state index in [9.17, 15) is 4.79 Å². The van der Waals surface area contributed by atoms with Crippen molar-refractivity contribution in [2.24, 2.45) is 0 Å². The van der Waals surface area contributed by atoms with Crippen LogP contribution in [0, 0.1) is 0 Å². The van der Waals surface area contributed by atoms with Gasteiger partial charge in [0.1, 0.15) is 12.3 Å². The lowest BCUT2D eigenvalue weighted by atomic mass is 10.1. The number of carbonyl (C=O) groups excluding carboxylic acids is 1. The lowest BCUT2D eigenvalue weighted by Crippen LogP contribution is -2.26. The molecule has 1 fully saturated rings. The zero-order chi connectivity index (χ0) is 19.6. The zero-order valence-electron chi connectivity index (χ0n) is 15.2. The summed E-state index contributed by atoms with van der Waals surface area (Å²) in [4.78, 5) is 15.5. The fourth-order valence-corrected chi connectivity index (χ4v) is 3.13. The molecule has 0 aliphatic carbocycles. The average molecular weight is 447 g/mol. The van der Waals surface area contributed by atoms with Crippen LogP contribution in [0.4, 0.5) is 0 Å². The minimum absolute atomic E-state index is 0.128. The van der Waals surface area contributed by atoms with Gasteiger partial charge in [-0.15, -0.1) is 0 Å². The quantitative estimate of drug-likeness (QED) is 0.511.